The normalized spacial score (nSPS) is 12.2. The lowest BCUT2D eigenvalue weighted by atomic mass is 9.99. The zero-order valence-corrected chi connectivity index (χ0v) is 13.1. The van der Waals surface area contributed by atoms with Crippen LogP contribution in [-0.2, 0) is 6.42 Å². The van der Waals surface area contributed by atoms with E-state index >= 15 is 0 Å². The Hall–Kier alpha value is -1.22. The van der Waals surface area contributed by atoms with Crippen LogP contribution < -0.4 is 10.6 Å². The van der Waals surface area contributed by atoms with Gasteiger partial charge in [-0.3, -0.25) is 0 Å². The largest absolute Gasteiger partial charge is 0.378 e. The Morgan fingerprint density at radius 1 is 1.05 bits per heavy atom. The number of rotatable bonds is 4. The molecule has 0 fully saturated rings. The predicted octanol–water partition coefficient (Wildman–Crippen LogP) is 4.30. The Bertz CT molecular complexity index is 597. The molecule has 0 aliphatic heterocycles. The summed E-state index contributed by atoms with van der Waals surface area (Å²) in [4.78, 5) is 2.06. The number of benzene rings is 2. The summed E-state index contributed by atoms with van der Waals surface area (Å²) in [6, 6.07) is 13.8. The molecule has 2 aromatic carbocycles. The molecule has 106 valence electrons. The molecule has 20 heavy (non-hydrogen) atoms. The van der Waals surface area contributed by atoms with Gasteiger partial charge >= 0.3 is 0 Å². The van der Waals surface area contributed by atoms with Crippen molar-refractivity contribution in [2.24, 2.45) is 5.73 Å². The van der Waals surface area contributed by atoms with E-state index in [1.807, 2.05) is 38.4 Å². The molecule has 0 spiro atoms. The molecule has 2 aromatic rings. The van der Waals surface area contributed by atoms with Crippen molar-refractivity contribution in [1.82, 2.24) is 0 Å². The van der Waals surface area contributed by atoms with Crippen molar-refractivity contribution in [3.05, 3.63) is 63.6 Å². The summed E-state index contributed by atoms with van der Waals surface area (Å²) in [5.74, 6) is 0. The van der Waals surface area contributed by atoms with E-state index in [4.69, 9.17) is 28.9 Å². The molecular weight excluding hydrogens is 291 g/mol. The highest BCUT2D eigenvalue weighted by atomic mass is 35.5. The molecule has 0 heterocycles. The van der Waals surface area contributed by atoms with Gasteiger partial charge in [-0.15, -0.1) is 0 Å². The van der Waals surface area contributed by atoms with Crippen LogP contribution in [0.25, 0.3) is 0 Å². The van der Waals surface area contributed by atoms with Crippen LogP contribution >= 0.6 is 23.2 Å². The molecule has 0 amide bonds. The molecule has 2 nitrogen and oxygen atoms in total. The summed E-state index contributed by atoms with van der Waals surface area (Å²) in [6.07, 6.45) is 0.730. The lowest BCUT2D eigenvalue weighted by molar-refractivity contribution is 0.722. The van der Waals surface area contributed by atoms with Crippen LogP contribution in [0.15, 0.2) is 42.5 Å². The minimum absolute atomic E-state index is 0.0628. The quantitative estimate of drug-likeness (QED) is 0.912. The highest BCUT2D eigenvalue weighted by molar-refractivity contribution is 6.42. The van der Waals surface area contributed by atoms with Gasteiger partial charge in [0.1, 0.15) is 0 Å². The first-order valence-corrected chi connectivity index (χ1v) is 7.20. The van der Waals surface area contributed by atoms with E-state index < -0.39 is 0 Å². The van der Waals surface area contributed by atoms with Crippen LogP contribution in [0.2, 0.25) is 10.0 Å². The number of hydrogen-bond donors (Lipinski definition) is 1. The number of nitrogens with zero attached hydrogens (tertiary/aromatic N) is 1. The van der Waals surface area contributed by atoms with Gasteiger partial charge in [0.2, 0.25) is 0 Å². The van der Waals surface area contributed by atoms with E-state index in [1.165, 1.54) is 0 Å². The first-order valence-electron chi connectivity index (χ1n) is 6.44. The lowest BCUT2D eigenvalue weighted by Crippen LogP contribution is -2.15. The fourth-order valence-electron chi connectivity index (χ4n) is 2.07. The third-order valence-electron chi connectivity index (χ3n) is 3.25. The van der Waals surface area contributed by atoms with Gasteiger partial charge in [0.05, 0.1) is 10.0 Å². The maximum Gasteiger partial charge on any atom is 0.0595 e. The van der Waals surface area contributed by atoms with Crippen molar-refractivity contribution < 1.29 is 0 Å². The Morgan fingerprint density at radius 3 is 2.45 bits per heavy atom. The van der Waals surface area contributed by atoms with Crippen LogP contribution in [0.5, 0.6) is 0 Å². The number of nitrogens with two attached hydrogens (primary N) is 1. The van der Waals surface area contributed by atoms with Gasteiger partial charge in [-0.2, -0.15) is 0 Å². The van der Waals surface area contributed by atoms with Gasteiger partial charge in [-0.1, -0.05) is 41.4 Å². The summed E-state index contributed by atoms with van der Waals surface area (Å²) in [6.45, 7) is 0. The third kappa shape index (κ3) is 3.66. The van der Waals surface area contributed by atoms with E-state index in [-0.39, 0.29) is 6.04 Å². The van der Waals surface area contributed by atoms with Crippen molar-refractivity contribution in [2.45, 2.75) is 12.5 Å². The molecule has 4 heteroatoms. The molecule has 0 aromatic heterocycles. The van der Waals surface area contributed by atoms with Crippen molar-refractivity contribution >= 4 is 28.9 Å². The Morgan fingerprint density at radius 2 is 1.80 bits per heavy atom. The number of anilines is 1. The first kappa shape index (κ1) is 15.2. The fraction of sp³-hybridized carbons (Fsp3) is 0.250. The van der Waals surface area contributed by atoms with Crippen LogP contribution in [0.1, 0.15) is 17.2 Å². The molecule has 0 aliphatic carbocycles. The van der Waals surface area contributed by atoms with Gasteiger partial charge in [-0.05, 0) is 41.8 Å². The minimum atomic E-state index is -0.0628. The van der Waals surface area contributed by atoms with Crippen LogP contribution in [0.4, 0.5) is 5.69 Å². The first-order chi connectivity index (χ1) is 9.47. The highest BCUT2D eigenvalue weighted by Crippen LogP contribution is 2.26. The van der Waals surface area contributed by atoms with Gasteiger partial charge in [0.15, 0.2) is 0 Å². The van der Waals surface area contributed by atoms with Crippen molar-refractivity contribution in [3.8, 4) is 0 Å². The average molecular weight is 309 g/mol. The van der Waals surface area contributed by atoms with Crippen LogP contribution in [0.3, 0.4) is 0 Å². The summed E-state index contributed by atoms with van der Waals surface area (Å²) in [5, 5.41) is 1.14. The molecule has 2 rings (SSSR count). The van der Waals surface area contributed by atoms with E-state index in [1.54, 1.807) is 0 Å². The third-order valence-corrected chi connectivity index (χ3v) is 3.99. The van der Waals surface area contributed by atoms with Crippen LogP contribution in [-0.4, -0.2) is 14.1 Å². The topological polar surface area (TPSA) is 29.3 Å². The van der Waals surface area contributed by atoms with Crippen LogP contribution in [0, 0.1) is 0 Å². The van der Waals surface area contributed by atoms with E-state index in [2.05, 4.69) is 23.1 Å². The zero-order valence-electron chi connectivity index (χ0n) is 11.6. The Kier molecular flexibility index (Phi) is 4.92. The molecule has 1 atom stereocenters. The Balaban J connectivity index is 2.17. The van der Waals surface area contributed by atoms with E-state index in [0.717, 1.165) is 23.2 Å². The van der Waals surface area contributed by atoms with E-state index in [9.17, 15) is 0 Å². The van der Waals surface area contributed by atoms with Gasteiger partial charge in [0, 0.05) is 25.8 Å². The Labute approximate surface area is 130 Å². The van der Waals surface area contributed by atoms with Gasteiger partial charge in [-0.25, -0.2) is 0 Å². The second-order valence-corrected chi connectivity index (χ2v) is 5.86. The van der Waals surface area contributed by atoms with Crippen molar-refractivity contribution in [3.63, 3.8) is 0 Å². The fourth-order valence-corrected chi connectivity index (χ4v) is 2.39. The molecule has 0 saturated carbocycles. The summed E-state index contributed by atoms with van der Waals surface area (Å²) in [5.41, 5.74) is 9.63. The zero-order chi connectivity index (χ0) is 14.7. The SMILES string of the molecule is CN(C)c1cccc(C(N)Cc2ccc(Cl)c(Cl)c2)c1. The maximum absolute atomic E-state index is 6.29. The van der Waals surface area contributed by atoms with E-state index in [0.29, 0.717) is 10.0 Å². The predicted molar refractivity (Wildman–Crippen MR) is 87.9 cm³/mol. The van der Waals surface area contributed by atoms with Gasteiger partial charge in [0.25, 0.3) is 0 Å². The molecule has 0 aliphatic rings. The minimum Gasteiger partial charge on any atom is -0.378 e. The summed E-state index contributed by atoms with van der Waals surface area (Å²) < 4.78 is 0. The van der Waals surface area contributed by atoms with Crippen molar-refractivity contribution in [1.29, 1.82) is 0 Å². The van der Waals surface area contributed by atoms with Crippen molar-refractivity contribution in [2.75, 3.05) is 19.0 Å². The summed E-state index contributed by atoms with van der Waals surface area (Å²) in [7, 11) is 4.03. The summed E-state index contributed by atoms with van der Waals surface area (Å²) >= 11 is 12.0. The standard InChI is InChI=1S/C16H18Cl2N2/c1-20(2)13-5-3-4-12(10-13)16(19)9-11-6-7-14(17)15(18)8-11/h3-8,10,16H,9,19H2,1-2H3. The second-order valence-electron chi connectivity index (χ2n) is 5.05. The number of halogens is 2. The second kappa shape index (κ2) is 6.49. The number of hydrogen-bond acceptors (Lipinski definition) is 2. The molecular formula is C16H18Cl2N2. The molecule has 2 N–H and O–H groups in total. The average Bonchev–Trinajstić information content (AvgIpc) is 2.43. The lowest BCUT2D eigenvalue weighted by Gasteiger charge is -2.17. The monoisotopic (exact) mass is 308 g/mol. The molecule has 0 saturated heterocycles. The molecule has 0 bridgehead atoms. The molecule has 1 unspecified atom stereocenters. The highest BCUT2D eigenvalue weighted by Gasteiger charge is 2.09. The molecule has 0 radical (unpaired) electrons. The smallest absolute Gasteiger partial charge is 0.0595 e. The van der Waals surface area contributed by atoms with Gasteiger partial charge < -0.3 is 10.6 Å². The maximum atomic E-state index is 6.29.